The van der Waals surface area contributed by atoms with Crippen LogP contribution in [0.1, 0.15) is 15.9 Å². The van der Waals surface area contributed by atoms with Crippen LogP contribution in [0.25, 0.3) is 15.3 Å². The molecular formula is C19H16N4O2S. The highest BCUT2D eigenvalue weighted by atomic mass is 32.1. The summed E-state index contributed by atoms with van der Waals surface area (Å²) in [6.45, 7) is 0.419. The van der Waals surface area contributed by atoms with Gasteiger partial charge >= 0.3 is 0 Å². The number of rotatable bonds is 5. The van der Waals surface area contributed by atoms with E-state index in [0.717, 1.165) is 26.7 Å². The number of thiazole rings is 1. The van der Waals surface area contributed by atoms with Crippen molar-refractivity contribution in [1.82, 2.24) is 20.1 Å². The summed E-state index contributed by atoms with van der Waals surface area (Å²) in [6, 6.07) is 15.5. The van der Waals surface area contributed by atoms with Gasteiger partial charge in [0.2, 0.25) is 5.13 Å². The zero-order valence-electron chi connectivity index (χ0n) is 14.0. The maximum absolute atomic E-state index is 12.4. The van der Waals surface area contributed by atoms with Crippen LogP contribution >= 0.6 is 11.3 Å². The van der Waals surface area contributed by atoms with Gasteiger partial charge in [-0.3, -0.25) is 4.79 Å². The predicted octanol–water partition coefficient (Wildman–Crippen LogP) is 3.42. The van der Waals surface area contributed by atoms with Crippen LogP contribution in [0.5, 0.6) is 5.75 Å². The van der Waals surface area contributed by atoms with Crippen molar-refractivity contribution in [2.75, 3.05) is 7.11 Å². The van der Waals surface area contributed by atoms with Crippen LogP contribution in [0.3, 0.4) is 0 Å². The fraction of sp³-hybridized carbons (Fsp3) is 0.105. The Hall–Kier alpha value is -3.19. The van der Waals surface area contributed by atoms with E-state index in [2.05, 4.69) is 15.4 Å². The van der Waals surface area contributed by atoms with Gasteiger partial charge in [0.25, 0.3) is 5.91 Å². The van der Waals surface area contributed by atoms with Crippen molar-refractivity contribution in [3.63, 3.8) is 0 Å². The molecule has 1 amide bonds. The van der Waals surface area contributed by atoms with Gasteiger partial charge in [0.15, 0.2) is 0 Å². The molecule has 2 aromatic heterocycles. The number of methoxy groups -OCH3 is 1. The molecule has 0 unspecified atom stereocenters. The van der Waals surface area contributed by atoms with E-state index in [9.17, 15) is 4.79 Å². The third-order valence-electron chi connectivity index (χ3n) is 3.91. The molecule has 0 atom stereocenters. The summed E-state index contributed by atoms with van der Waals surface area (Å²) in [5.74, 6) is 0.584. The first-order valence-electron chi connectivity index (χ1n) is 8.05. The molecule has 0 aliphatic heterocycles. The first kappa shape index (κ1) is 16.3. The smallest absolute Gasteiger partial charge is 0.254 e. The van der Waals surface area contributed by atoms with E-state index in [1.165, 1.54) is 11.3 Å². The van der Waals surface area contributed by atoms with Crippen molar-refractivity contribution in [1.29, 1.82) is 0 Å². The van der Waals surface area contributed by atoms with E-state index >= 15 is 0 Å². The molecule has 2 aromatic carbocycles. The Morgan fingerprint density at radius 2 is 2.12 bits per heavy atom. The first-order chi connectivity index (χ1) is 12.7. The van der Waals surface area contributed by atoms with Gasteiger partial charge in [0.05, 0.1) is 29.1 Å². The maximum atomic E-state index is 12.4. The molecule has 130 valence electrons. The Labute approximate surface area is 154 Å². The van der Waals surface area contributed by atoms with E-state index in [1.54, 1.807) is 24.2 Å². The average Bonchev–Trinajstić information content (AvgIpc) is 3.33. The molecule has 4 rings (SSSR count). The van der Waals surface area contributed by atoms with Crippen LogP contribution in [0.4, 0.5) is 0 Å². The predicted molar refractivity (Wildman–Crippen MR) is 101 cm³/mol. The lowest BCUT2D eigenvalue weighted by molar-refractivity contribution is 0.0951. The van der Waals surface area contributed by atoms with Gasteiger partial charge in [0.1, 0.15) is 5.75 Å². The lowest BCUT2D eigenvalue weighted by Gasteiger charge is -2.05. The van der Waals surface area contributed by atoms with Crippen molar-refractivity contribution < 1.29 is 9.53 Å². The zero-order chi connectivity index (χ0) is 17.9. The largest absolute Gasteiger partial charge is 0.497 e. The van der Waals surface area contributed by atoms with Crippen molar-refractivity contribution in [3.05, 3.63) is 72.1 Å². The second-order valence-corrected chi connectivity index (χ2v) is 6.68. The molecule has 0 aliphatic rings. The van der Waals surface area contributed by atoms with Gasteiger partial charge < -0.3 is 10.1 Å². The highest BCUT2D eigenvalue weighted by molar-refractivity contribution is 7.20. The second-order valence-electron chi connectivity index (χ2n) is 5.67. The number of nitrogens with one attached hydrogen (secondary N) is 1. The first-order valence-corrected chi connectivity index (χ1v) is 8.86. The SMILES string of the molecule is COc1cccc(CNC(=O)c2cnn(-c3nc4ccccc4s3)c2)c1. The summed E-state index contributed by atoms with van der Waals surface area (Å²) >= 11 is 1.53. The maximum Gasteiger partial charge on any atom is 0.254 e. The van der Waals surface area contributed by atoms with Gasteiger partial charge in [-0.1, -0.05) is 35.6 Å². The Bertz CT molecular complexity index is 1040. The molecule has 0 spiro atoms. The Morgan fingerprint density at radius 3 is 2.96 bits per heavy atom. The average molecular weight is 364 g/mol. The van der Waals surface area contributed by atoms with E-state index in [4.69, 9.17) is 4.74 Å². The highest BCUT2D eigenvalue weighted by Gasteiger charge is 2.12. The number of amides is 1. The zero-order valence-corrected chi connectivity index (χ0v) is 14.9. The molecule has 4 aromatic rings. The number of carbonyl (C=O) groups is 1. The molecule has 0 saturated carbocycles. The van der Waals surface area contributed by atoms with Gasteiger partial charge in [-0.25, -0.2) is 9.67 Å². The van der Waals surface area contributed by atoms with E-state index in [1.807, 2.05) is 48.5 Å². The van der Waals surface area contributed by atoms with Crippen LogP contribution in [-0.4, -0.2) is 27.8 Å². The molecule has 6 nitrogen and oxygen atoms in total. The van der Waals surface area contributed by atoms with E-state index < -0.39 is 0 Å². The minimum Gasteiger partial charge on any atom is -0.497 e. The Balaban J connectivity index is 1.47. The number of benzene rings is 2. The molecule has 2 heterocycles. The second kappa shape index (κ2) is 6.97. The summed E-state index contributed by atoms with van der Waals surface area (Å²) in [7, 11) is 1.62. The normalized spacial score (nSPS) is 10.8. The van der Waals surface area contributed by atoms with E-state index in [-0.39, 0.29) is 5.91 Å². The number of aromatic nitrogens is 3. The number of hydrogen-bond acceptors (Lipinski definition) is 5. The number of fused-ring (bicyclic) bond motifs is 1. The lowest BCUT2D eigenvalue weighted by atomic mass is 10.2. The highest BCUT2D eigenvalue weighted by Crippen LogP contribution is 2.24. The van der Waals surface area contributed by atoms with Gasteiger partial charge in [-0.15, -0.1) is 0 Å². The summed E-state index contributed by atoms with van der Waals surface area (Å²) in [5, 5.41) is 7.90. The van der Waals surface area contributed by atoms with Gasteiger partial charge in [-0.05, 0) is 29.8 Å². The van der Waals surface area contributed by atoms with Crippen LogP contribution in [0.15, 0.2) is 60.9 Å². The molecule has 0 fully saturated rings. The Morgan fingerprint density at radius 1 is 1.23 bits per heavy atom. The summed E-state index contributed by atoms with van der Waals surface area (Å²) < 4.78 is 7.91. The van der Waals surface area contributed by atoms with Gasteiger partial charge in [-0.2, -0.15) is 5.10 Å². The van der Waals surface area contributed by atoms with Crippen LogP contribution < -0.4 is 10.1 Å². The molecule has 0 bridgehead atoms. The number of carbonyl (C=O) groups excluding carboxylic acids is 1. The molecule has 1 N–H and O–H groups in total. The number of ether oxygens (including phenoxy) is 1. The third-order valence-corrected chi connectivity index (χ3v) is 4.94. The van der Waals surface area contributed by atoms with Crippen molar-refractivity contribution in [3.8, 4) is 10.9 Å². The van der Waals surface area contributed by atoms with Crippen molar-refractivity contribution in [2.24, 2.45) is 0 Å². The quantitative estimate of drug-likeness (QED) is 0.589. The standard InChI is InChI=1S/C19H16N4O2S/c1-25-15-6-4-5-13(9-15)10-20-18(24)14-11-21-23(12-14)19-22-16-7-2-3-8-17(16)26-19/h2-9,11-12H,10H2,1H3,(H,20,24). The lowest BCUT2D eigenvalue weighted by Crippen LogP contribution is -2.22. The summed E-state index contributed by atoms with van der Waals surface area (Å²) in [4.78, 5) is 16.9. The molecule has 7 heteroatoms. The summed E-state index contributed by atoms with van der Waals surface area (Å²) in [6.07, 6.45) is 3.24. The van der Waals surface area contributed by atoms with Gasteiger partial charge in [0, 0.05) is 12.7 Å². The van der Waals surface area contributed by atoms with Crippen LogP contribution in [-0.2, 0) is 6.54 Å². The monoisotopic (exact) mass is 364 g/mol. The molecule has 26 heavy (non-hydrogen) atoms. The molecule has 0 saturated heterocycles. The minimum atomic E-state index is -0.180. The van der Waals surface area contributed by atoms with Crippen molar-refractivity contribution in [2.45, 2.75) is 6.54 Å². The number of para-hydroxylation sites is 1. The molecular weight excluding hydrogens is 348 g/mol. The minimum absolute atomic E-state index is 0.180. The number of hydrogen-bond donors (Lipinski definition) is 1. The van der Waals surface area contributed by atoms with Crippen LogP contribution in [0.2, 0.25) is 0 Å². The van der Waals surface area contributed by atoms with E-state index in [0.29, 0.717) is 12.1 Å². The fourth-order valence-corrected chi connectivity index (χ4v) is 3.47. The third kappa shape index (κ3) is 3.29. The van der Waals surface area contributed by atoms with Crippen LogP contribution in [0, 0.1) is 0 Å². The molecule has 0 aliphatic carbocycles. The number of nitrogens with zero attached hydrogens (tertiary/aromatic N) is 3. The topological polar surface area (TPSA) is 69.0 Å². The fourth-order valence-electron chi connectivity index (χ4n) is 2.57. The molecule has 0 radical (unpaired) electrons. The Kier molecular flexibility index (Phi) is 4.37. The summed E-state index contributed by atoms with van der Waals surface area (Å²) in [5.41, 5.74) is 2.38. The van der Waals surface area contributed by atoms with Crippen molar-refractivity contribution >= 4 is 27.5 Å².